The van der Waals surface area contributed by atoms with Crippen LogP contribution in [0.3, 0.4) is 0 Å². The van der Waals surface area contributed by atoms with Crippen molar-refractivity contribution in [1.29, 1.82) is 0 Å². The van der Waals surface area contributed by atoms with Gasteiger partial charge in [0.05, 0.1) is 12.7 Å². The minimum absolute atomic E-state index is 0.112. The molecule has 0 rings (SSSR count). The van der Waals surface area contributed by atoms with Crippen molar-refractivity contribution >= 4 is 0 Å². The lowest BCUT2D eigenvalue weighted by Crippen LogP contribution is -2.26. The van der Waals surface area contributed by atoms with Gasteiger partial charge in [0.15, 0.2) is 0 Å². The van der Waals surface area contributed by atoms with Crippen molar-refractivity contribution in [1.82, 2.24) is 0 Å². The van der Waals surface area contributed by atoms with Gasteiger partial charge in [-0.15, -0.1) is 0 Å². The topological polar surface area (TPSA) is 29.5 Å². The third-order valence-corrected chi connectivity index (χ3v) is 2.54. The molecule has 78 valence electrons. The number of ether oxygens (including phenoxy) is 1. The Morgan fingerprint density at radius 1 is 1.38 bits per heavy atom. The van der Waals surface area contributed by atoms with Crippen LogP contribution in [0, 0.1) is 11.8 Å². The summed E-state index contributed by atoms with van der Waals surface area (Å²) in [7, 11) is 1.75. The summed E-state index contributed by atoms with van der Waals surface area (Å²) in [6.45, 7) is 6.59. The number of aliphatic hydroxyl groups excluding tert-OH is 1. The molecule has 0 amide bonds. The first kappa shape index (κ1) is 12.7. The van der Waals surface area contributed by atoms with Crippen LogP contribution in [0.1, 0.15) is 27.2 Å². The Morgan fingerprint density at radius 2 is 2.00 bits per heavy atom. The van der Waals surface area contributed by atoms with Crippen molar-refractivity contribution in [3.8, 4) is 0 Å². The van der Waals surface area contributed by atoms with Gasteiger partial charge >= 0.3 is 0 Å². The van der Waals surface area contributed by atoms with Crippen LogP contribution < -0.4 is 0 Å². The molecule has 0 spiro atoms. The lowest BCUT2D eigenvalue weighted by molar-refractivity contribution is 0.0303. The standard InChI is InChI=1S/C11H22O2/c1-5-9(2)11(13-4)10(3)7-6-8-12/h6-7,9-12H,5,8H2,1-4H3. The molecule has 0 aliphatic rings. The van der Waals surface area contributed by atoms with Crippen LogP contribution in [0.15, 0.2) is 12.2 Å². The van der Waals surface area contributed by atoms with Crippen LogP contribution in [0.4, 0.5) is 0 Å². The van der Waals surface area contributed by atoms with Gasteiger partial charge < -0.3 is 9.84 Å². The number of hydrogen-bond acceptors (Lipinski definition) is 2. The van der Waals surface area contributed by atoms with Crippen LogP contribution in [-0.2, 0) is 4.74 Å². The molecule has 3 atom stereocenters. The van der Waals surface area contributed by atoms with Gasteiger partial charge in [-0.05, 0) is 5.92 Å². The molecule has 0 aromatic heterocycles. The van der Waals surface area contributed by atoms with Crippen LogP contribution in [0.5, 0.6) is 0 Å². The zero-order valence-corrected chi connectivity index (χ0v) is 9.16. The van der Waals surface area contributed by atoms with Gasteiger partial charge in [0, 0.05) is 13.0 Å². The highest BCUT2D eigenvalue weighted by Gasteiger charge is 2.19. The molecule has 0 aliphatic heterocycles. The fourth-order valence-electron chi connectivity index (χ4n) is 1.58. The van der Waals surface area contributed by atoms with Crippen molar-refractivity contribution in [2.45, 2.75) is 33.3 Å². The molecule has 0 bridgehead atoms. The van der Waals surface area contributed by atoms with Gasteiger partial charge in [-0.2, -0.15) is 0 Å². The van der Waals surface area contributed by atoms with E-state index in [0.717, 1.165) is 6.42 Å². The average Bonchev–Trinajstić information content (AvgIpc) is 2.15. The van der Waals surface area contributed by atoms with E-state index in [4.69, 9.17) is 9.84 Å². The molecule has 2 heteroatoms. The van der Waals surface area contributed by atoms with Gasteiger partial charge in [0.2, 0.25) is 0 Å². The minimum Gasteiger partial charge on any atom is -0.392 e. The summed E-state index contributed by atoms with van der Waals surface area (Å²) in [4.78, 5) is 0. The molecule has 0 saturated heterocycles. The molecule has 0 heterocycles. The van der Waals surface area contributed by atoms with E-state index in [-0.39, 0.29) is 12.7 Å². The number of methoxy groups -OCH3 is 1. The maximum atomic E-state index is 8.64. The molecule has 0 fully saturated rings. The molecule has 3 unspecified atom stereocenters. The molecule has 0 aliphatic carbocycles. The molecule has 2 nitrogen and oxygen atoms in total. The lowest BCUT2D eigenvalue weighted by atomic mass is 9.91. The largest absolute Gasteiger partial charge is 0.392 e. The van der Waals surface area contributed by atoms with E-state index in [0.29, 0.717) is 11.8 Å². The first-order chi connectivity index (χ1) is 6.17. The third-order valence-electron chi connectivity index (χ3n) is 2.54. The Morgan fingerprint density at radius 3 is 2.38 bits per heavy atom. The van der Waals surface area contributed by atoms with Crippen LogP contribution >= 0.6 is 0 Å². The molecular formula is C11H22O2. The van der Waals surface area contributed by atoms with Crippen LogP contribution in [0.25, 0.3) is 0 Å². The van der Waals surface area contributed by atoms with E-state index in [1.54, 1.807) is 13.2 Å². The van der Waals surface area contributed by atoms with E-state index in [1.807, 2.05) is 6.08 Å². The quantitative estimate of drug-likeness (QED) is 0.645. The maximum absolute atomic E-state index is 8.64. The molecule has 0 aromatic rings. The Hall–Kier alpha value is -0.340. The van der Waals surface area contributed by atoms with Gasteiger partial charge in [0.25, 0.3) is 0 Å². The number of aliphatic hydroxyl groups is 1. The summed E-state index contributed by atoms with van der Waals surface area (Å²) in [5.74, 6) is 0.926. The summed E-state index contributed by atoms with van der Waals surface area (Å²) in [5.41, 5.74) is 0. The second-order valence-electron chi connectivity index (χ2n) is 3.56. The summed E-state index contributed by atoms with van der Waals surface area (Å²) in [6.07, 6.45) is 5.17. The van der Waals surface area contributed by atoms with Crippen molar-refractivity contribution in [2.75, 3.05) is 13.7 Å². The van der Waals surface area contributed by atoms with Gasteiger partial charge in [-0.25, -0.2) is 0 Å². The zero-order chi connectivity index (χ0) is 10.3. The number of hydrogen-bond donors (Lipinski definition) is 1. The summed E-state index contributed by atoms with van der Waals surface area (Å²) >= 11 is 0. The predicted molar refractivity (Wildman–Crippen MR) is 55.6 cm³/mol. The maximum Gasteiger partial charge on any atom is 0.0656 e. The van der Waals surface area contributed by atoms with Crippen molar-refractivity contribution in [2.24, 2.45) is 11.8 Å². The van der Waals surface area contributed by atoms with E-state index in [1.165, 1.54) is 0 Å². The fraction of sp³-hybridized carbons (Fsp3) is 0.818. The highest BCUT2D eigenvalue weighted by molar-refractivity contribution is 4.91. The Kier molecular flexibility index (Phi) is 6.92. The summed E-state index contributed by atoms with van der Waals surface area (Å²) < 4.78 is 5.43. The van der Waals surface area contributed by atoms with Crippen LogP contribution in [0.2, 0.25) is 0 Å². The van der Waals surface area contributed by atoms with Crippen molar-refractivity contribution in [3.05, 3.63) is 12.2 Å². The van der Waals surface area contributed by atoms with Crippen molar-refractivity contribution < 1.29 is 9.84 Å². The molecule has 0 aromatic carbocycles. The number of rotatable bonds is 6. The normalized spacial score (nSPS) is 18.8. The van der Waals surface area contributed by atoms with Gasteiger partial charge in [-0.1, -0.05) is 39.3 Å². The average molecular weight is 186 g/mol. The zero-order valence-electron chi connectivity index (χ0n) is 9.16. The lowest BCUT2D eigenvalue weighted by Gasteiger charge is -2.25. The van der Waals surface area contributed by atoms with E-state index in [9.17, 15) is 0 Å². The Bertz CT molecular complexity index is 143. The van der Waals surface area contributed by atoms with Gasteiger partial charge in [-0.3, -0.25) is 0 Å². The Balaban J connectivity index is 4.13. The fourth-order valence-corrected chi connectivity index (χ4v) is 1.58. The second kappa shape index (κ2) is 7.10. The van der Waals surface area contributed by atoms with Gasteiger partial charge in [0.1, 0.15) is 0 Å². The smallest absolute Gasteiger partial charge is 0.0656 e. The highest BCUT2D eigenvalue weighted by atomic mass is 16.5. The first-order valence-corrected chi connectivity index (χ1v) is 4.97. The predicted octanol–water partition coefficient (Wildman–Crippen LogP) is 2.23. The molecule has 0 saturated carbocycles. The van der Waals surface area contributed by atoms with Crippen molar-refractivity contribution in [3.63, 3.8) is 0 Å². The minimum atomic E-state index is 0.112. The summed E-state index contributed by atoms with van der Waals surface area (Å²) in [6, 6.07) is 0. The van der Waals surface area contributed by atoms with E-state index in [2.05, 4.69) is 20.8 Å². The second-order valence-corrected chi connectivity index (χ2v) is 3.56. The monoisotopic (exact) mass is 186 g/mol. The molecule has 1 N–H and O–H groups in total. The highest BCUT2D eigenvalue weighted by Crippen LogP contribution is 2.19. The molecule has 13 heavy (non-hydrogen) atoms. The van der Waals surface area contributed by atoms with E-state index >= 15 is 0 Å². The van der Waals surface area contributed by atoms with Crippen LogP contribution in [-0.4, -0.2) is 24.9 Å². The Labute approximate surface area is 81.6 Å². The first-order valence-electron chi connectivity index (χ1n) is 4.97. The molecular weight excluding hydrogens is 164 g/mol. The van der Waals surface area contributed by atoms with E-state index < -0.39 is 0 Å². The third kappa shape index (κ3) is 4.44. The SMILES string of the molecule is CCC(C)C(OC)C(C)C=CCO. The summed E-state index contributed by atoms with van der Waals surface area (Å²) in [5, 5.41) is 8.64. The molecule has 0 radical (unpaired) electrons.